The molecule has 258 valence electrons. The molecule has 0 fully saturated rings. The first-order valence-corrected chi connectivity index (χ1v) is 18.2. The number of rotatable bonds is 29. The maximum Gasteiger partial charge on any atom is 0.469 e. The van der Waals surface area contributed by atoms with E-state index in [1.54, 1.807) is 12.2 Å². The minimum absolute atomic E-state index is 0.0351. The average molecular weight is 655 g/mol. The quantitative estimate of drug-likeness (QED) is 0.0239. The third kappa shape index (κ3) is 32.9. The zero-order valence-corrected chi connectivity index (χ0v) is 28.5. The van der Waals surface area contributed by atoms with Gasteiger partial charge in [-0.3, -0.25) is 14.1 Å². The zero-order chi connectivity index (χ0) is 33.4. The molecule has 0 heterocycles. The Balaban J connectivity index is 4.25. The van der Waals surface area contributed by atoms with Gasteiger partial charge in [0.1, 0.15) is 6.61 Å². The Morgan fingerprint density at radius 1 is 0.689 bits per heavy atom. The number of ether oxygens (including phenoxy) is 2. The van der Waals surface area contributed by atoms with E-state index in [0.717, 1.165) is 44.9 Å². The van der Waals surface area contributed by atoms with Gasteiger partial charge in [0.05, 0.1) is 12.7 Å². The molecular weight excluding hydrogens is 595 g/mol. The number of phosphoric ester groups is 1. The highest BCUT2D eigenvalue weighted by molar-refractivity contribution is 7.46. The highest BCUT2D eigenvalue weighted by atomic mass is 31.2. The molecule has 0 amide bonds. The lowest BCUT2D eigenvalue weighted by atomic mass is 10.1. The first kappa shape index (κ1) is 42.7. The Kier molecular flexibility index (Phi) is 28.8. The van der Waals surface area contributed by atoms with Crippen molar-refractivity contribution in [1.82, 2.24) is 0 Å². The van der Waals surface area contributed by atoms with Gasteiger partial charge in [-0.25, -0.2) is 4.57 Å². The maximum atomic E-state index is 12.3. The van der Waals surface area contributed by atoms with Gasteiger partial charge in [-0.1, -0.05) is 126 Å². The second-order valence-electron chi connectivity index (χ2n) is 11.0. The van der Waals surface area contributed by atoms with Crippen LogP contribution in [0.3, 0.4) is 0 Å². The molecule has 1 unspecified atom stereocenters. The number of esters is 2. The SMILES string of the molecule is CC/C=C\C/C=C\C/C=C\C/C=C\C=C\C(O)CCCC(=O)OC[C@H](COP(=O)(O)O)OC(=O)CCCCCCCCCCC. The van der Waals surface area contributed by atoms with Crippen LogP contribution in [0.25, 0.3) is 0 Å². The van der Waals surface area contributed by atoms with E-state index in [4.69, 9.17) is 19.3 Å². The predicted octanol–water partition coefficient (Wildman–Crippen LogP) is 8.36. The average Bonchev–Trinajstić information content (AvgIpc) is 2.99. The maximum absolute atomic E-state index is 12.3. The van der Waals surface area contributed by atoms with Crippen LogP contribution >= 0.6 is 7.82 Å². The summed E-state index contributed by atoms with van der Waals surface area (Å²) in [4.78, 5) is 42.4. The van der Waals surface area contributed by atoms with Crippen LogP contribution in [0.4, 0.5) is 0 Å². The number of aliphatic hydroxyl groups excluding tert-OH is 1. The van der Waals surface area contributed by atoms with E-state index in [-0.39, 0.29) is 19.4 Å². The van der Waals surface area contributed by atoms with Crippen LogP contribution in [0, 0.1) is 0 Å². The van der Waals surface area contributed by atoms with Crippen molar-refractivity contribution >= 4 is 19.8 Å². The largest absolute Gasteiger partial charge is 0.469 e. The van der Waals surface area contributed by atoms with Crippen LogP contribution in [-0.4, -0.2) is 52.3 Å². The van der Waals surface area contributed by atoms with E-state index in [0.29, 0.717) is 19.3 Å². The van der Waals surface area contributed by atoms with E-state index in [9.17, 15) is 19.3 Å². The molecule has 45 heavy (non-hydrogen) atoms. The monoisotopic (exact) mass is 654 g/mol. The molecule has 10 heteroatoms. The summed E-state index contributed by atoms with van der Waals surface area (Å²) < 4.78 is 26.0. The van der Waals surface area contributed by atoms with Crippen LogP contribution in [0.15, 0.2) is 60.8 Å². The van der Waals surface area contributed by atoms with Crippen molar-refractivity contribution in [3.8, 4) is 0 Å². The Morgan fingerprint density at radius 2 is 1.24 bits per heavy atom. The van der Waals surface area contributed by atoms with Crippen LogP contribution in [-0.2, 0) is 28.2 Å². The molecule has 0 aromatic rings. The van der Waals surface area contributed by atoms with Crippen molar-refractivity contribution in [2.45, 2.75) is 135 Å². The lowest BCUT2D eigenvalue weighted by Crippen LogP contribution is -2.29. The first-order valence-electron chi connectivity index (χ1n) is 16.7. The van der Waals surface area contributed by atoms with Crippen LogP contribution in [0.2, 0.25) is 0 Å². The summed E-state index contributed by atoms with van der Waals surface area (Å²) >= 11 is 0. The number of aliphatic hydroxyl groups is 1. The van der Waals surface area contributed by atoms with Gasteiger partial charge in [0.25, 0.3) is 0 Å². The fraction of sp³-hybridized carbons (Fsp3) is 0.657. The summed E-state index contributed by atoms with van der Waals surface area (Å²) in [6.45, 7) is 3.33. The van der Waals surface area contributed by atoms with Gasteiger partial charge in [-0.15, -0.1) is 0 Å². The Morgan fingerprint density at radius 3 is 1.84 bits per heavy atom. The number of hydrogen-bond donors (Lipinski definition) is 3. The summed E-state index contributed by atoms with van der Waals surface area (Å²) in [5.41, 5.74) is 0. The van der Waals surface area contributed by atoms with Gasteiger partial charge in [0.15, 0.2) is 6.10 Å². The van der Waals surface area contributed by atoms with E-state index >= 15 is 0 Å². The van der Waals surface area contributed by atoms with Crippen LogP contribution in [0.5, 0.6) is 0 Å². The van der Waals surface area contributed by atoms with Gasteiger partial charge in [0, 0.05) is 12.8 Å². The van der Waals surface area contributed by atoms with E-state index < -0.39 is 38.6 Å². The third-order valence-electron chi connectivity index (χ3n) is 6.65. The Hall–Kier alpha value is -2.29. The molecule has 0 aliphatic heterocycles. The van der Waals surface area contributed by atoms with E-state index in [1.165, 1.54) is 32.1 Å². The molecule has 0 rings (SSSR count). The van der Waals surface area contributed by atoms with Gasteiger partial charge in [-0.2, -0.15) is 0 Å². The molecule has 0 aromatic heterocycles. The molecule has 0 saturated carbocycles. The number of carbonyl (C=O) groups is 2. The first-order chi connectivity index (χ1) is 21.7. The van der Waals surface area contributed by atoms with Crippen molar-refractivity contribution in [3.63, 3.8) is 0 Å². The highest BCUT2D eigenvalue weighted by Gasteiger charge is 2.23. The van der Waals surface area contributed by atoms with Crippen molar-refractivity contribution < 1.29 is 43.0 Å². The summed E-state index contributed by atoms with van der Waals surface area (Å²) in [5, 5.41) is 10.1. The van der Waals surface area contributed by atoms with Gasteiger partial charge < -0.3 is 24.4 Å². The molecule has 0 saturated heterocycles. The molecule has 2 atom stereocenters. The fourth-order valence-electron chi connectivity index (χ4n) is 4.16. The second kappa shape index (κ2) is 30.4. The lowest BCUT2D eigenvalue weighted by molar-refractivity contribution is -0.161. The second-order valence-corrected chi connectivity index (χ2v) is 12.2. The number of phosphoric acid groups is 1. The van der Waals surface area contributed by atoms with Crippen LogP contribution < -0.4 is 0 Å². The lowest BCUT2D eigenvalue weighted by Gasteiger charge is -2.18. The fourth-order valence-corrected chi connectivity index (χ4v) is 4.52. The van der Waals surface area contributed by atoms with Crippen LogP contribution in [0.1, 0.15) is 123 Å². The molecule has 0 radical (unpaired) electrons. The molecule has 0 aromatic carbocycles. The summed E-state index contributed by atoms with van der Waals surface area (Å²) in [7, 11) is -4.79. The smallest absolute Gasteiger partial charge is 0.462 e. The van der Waals surface area contributed by atoms with Gasteiger partial charge in [-0.05, 0) is 44.9 Å². The highest BCUT2D eigenvalue weighted by Crippen LogP contribution is 2.35. The van der Waals surface area contributed by atoms with Crippen molar-refractivity contribution in [3.05, 3.63) is 60.8 Å². The van der Waals surface area contributed by atoms with Crippen molar-refractivity contribution in [2.75, 3.05) is 13.2 Å². The van der Waals surface area contributed by atoms with E-state index in [2.05, 4.69) is 54.8 Å². The third-order valence-corrected chi connectivity index (χ3v) is 7.14. The number of hydrogen-bond acceptors (Lipinski definition) is 7. The minimum Gasteiger partial charge on any atom is -0.462 e. The normalized spacial score (nSPS) is 14.0. The predicted molar refractivity (Wildman–Crippen MR) is 180 cm³/mol. The number of unbranched alkanes of at least 4 members (excludes halogenated alkanes) is 8. The molecule has 0 aliphatic carbocycles. The molecule has 3 N–H and O–H groups in total. The van der Waals surface area contributed by atoms with Gasteiger partial charge in [0.2, 0.25) is 0 Å². The number of allylic oxidation sites excluding steroid dienone is 9. The summed E-state index contributed by atoms with van der Waals surface area (Å²) in [6.07, 6.45) is 32.8. The molecule has 0 aliphatic rings. The van der Waals surface area contributed by atoms with E-state index in [1.807, 2.05) is 12.2 Å². The molecule has 9 nitrogen and oxygen atoms in total. The Bertz CT molecular complexity index is 933. The van der Waals surface area contributed by atoms with Crippen molar-refractivity contribution in [1.29, 1.82) is 0 Å². The molecule has 0 bridgehead atoms. The topological polar surface area (TPSA) is 140 Å². The van der Waals surface area contributed by atoms with Gasteiger partial charge >= 0.3 is 19.8 Å². The minimum atomic E-state index is -4.79. The Labute approximate surface area is 271 Å². The number of carbonyl (C=O) groups excluding carboxylic acids is 2. The summed E-state index contributed by atoms with van der Waals surface area (Å²) in [6, 6.07) is 0. The summed E-state index contributed by atoms with van der Waals surface area (Å²) in [5.74, 6) is -1.10. The molecule has 0 spiro atoms. The standard InChI is InChI=1S/C35H59O9P/c1-3-5-7-9-11-13-14-15-16-18-19-21-23-26-32(36)27-25-29-34(37)42-30-33(31-43-45(39,40)41)44-35(38)28-24-22-20-17-12-10-8-6-4-2/h5,7,11,13,15-16,19,21,23,26,32-33,36H,3-4,6,8-10,12,14,17-18,20,22,24-25,27-31H2,1-2H3,(H2,39,40,41)/b7-5-,13-11-,16-15-,21-19-,26-23+/t32?,33-/m1/s1. The molecular formula is C35H59O9P. The van der Waals surface area contributed by atoms with Crippen molar-refractivity contribution in [2.24, 2.45) is 0 Å². The zero-order valence-electron chi connectivity index (χ0n) is 27.6.